The maximum atomic E-state index is 3.40. The molecule has 0 aliphatic heterocycles. The van der Waals surface area contributed by atoms with Crippen molar-refractivity contribution in [2.45, 2.75) is 31.7 Å². The van der Waals surface area contributed by atoms with Gasteiger partial charge >= 0.3 is 0 Å². The van der Waals surface area contributed by atoms with Gasteiger partial charge in [-0.25, -0.2) is 0 Å². The Morgan fingerprint density at radius 1 is 1.12 bits per heavy atom. The third-order valence-corrected chi connectivity index (χ3v) is 3.98. The van der Waals surface area contributed by atoms with Crippen LogP contribution >= 0.6 is 0 Å². The van der Waals surface area contributed by atoms with E-state index in [4.69, 9.17) is 0 Å². The summed E-state index contributed by atoms with van der Waals surface area (Å²) in [4.78, 5) is 2.39. The van der Waals surface area contributed by atoms with Gasteiger partial charge in [-0.1, -0.05) is 18.2 Å². The molecular weight excluding hydrogens is 208 g/mol. The third kappa shape index (κ3) is 3.47. The maximum Gasteiger partial charge on any atom is 0.0363 e. The fraction of sp³-hybridized carbons (Fsp3) is 0.600. The molecule has 1 aromatic rings. The van der Waals surface area contributed by atoms with Crippen LogP contribution in [-0.4, -0.2) is 26.7 Å². The SMILES string of the molecule is CNC1CCC(CN(C)c2ccccc2)CC1. The molecule has 0 bridgehead atoms. The highest BCUT2D eigenvalue weighted by Gasteiger charge is 2.20. The second-order valence-corrected chi connectivity index (χ2v) is 5.22. The lowest BCUT2D eigenvalue weighted by atomic mass is 9.86. The van der Waals surface area contributed by atoms with Gasteiger partial charge in [-0.15, -0.1) is 0 Å². The molecule has 0 heterocycles. The molecule has 94 valence electrons. The summed E-state index contributed by atoms with van der Waals surface area (Å²) in [6, 6.07) is 11.5. The lowest BCUT2D eigenvalue weighted by Gasteiger charge is -2.32. The van der Waals surface area contributed by atoms with Crippen LogP contribution in [0.25, 0.3) is 0 Å². The molecule has 2 heteroatoms. The highest BCUT2D eigenvalue weighted by Crippen LogP contribution is 2.26. The zero-order valence-corrected chi connectivity index (χ0v) is 11.0. The normalized spacial score (nSPS) is 24.6. The average Bonchev–Trinajstić information content (AvgIpc) is 2.40. The summed E-state index contributed by atoms with van der Waals surface area (Å²) in [5, 5.41) is 3.40. The van der Waals surface area contributed by atoms with Crippen molar-refractivity contribution < 1.29 is 0 Å². The van der Waals surface area contributed by atoms with Gasteiger partial charge in [0.05, 0.1) is 0 Å². The van der Waals surface area contributed by atoms with Crippen molar-refractivity contribution in [1.29, 1.82) is 0 Å². The molecule has 0 spiro atoms. The Hall–Kier alpha value is -1.02. The van der Waals surface area contributed by atoms with E-state index in [1.165, 1.54) is 37.9 Å². The van der Waals surface area contributed by atoms with Crippen molar-refractivity contribution in [3.63, 3.8) is 0 Å². The molecule has 0 amide bonds. The van der Waals surface area contributed by atoms with Crippen LogP contribution in [0.4, 0.5) is 5.69 Å². The number of nitrogens with one attached hydrogen (secondary N) is 1. The van der Waals surface area contributed by atoms with Gasteiger partial charge in [0.2, 0.25) is 0 Å². The first kappa shape index (κ1) is 12.4. The van der Waals surface area contributed by atoms with Gasteiger partial charge in [-0.2, -0.15) is 0 Å². The van der Waals surface area contributed by atoms with Crippen LogP contribution in [0.5, 0.6) is 0 Å². The molecule has 0 unspecified atom stereocenters. The minimum absolute atomic E-state index is 0.758. The lowest BCUT2D eigenvalue weighted by molar-refractivity contribution is 0.305. The number of benzene rings is 1. The van der Waals surface area contributed by atoms with E-state index in [2.05, 4.69) is 54.6 Å². The average molecular weight is 232 g/mol. The summed E-state index contributed by atoms with van der Waals surface area (Å²) in [5.74, 6) is 0.866. The van der Waals surface area contributed by atoms with Crippen molar-refractivity contribution in [2.24, 2.45) is 5.92 Å². The number of rotatable bonds is 4. The van der Waals surface area contributed by atoms with Crippen LogP contribution in [0.1, 0.15) is 25.7 Å². The zero-order chi connectivity index (χ0) is 12.1. The van der Waals surface area contributed by atoms with Gasteiger partial charge in [0.25, 0.3) is 0 Å². The summed E-state index contributed by atoms with van der Waals surface area (Å²) >= 11 is 0. The number of anilines is 1. The van der Waals surface area contributed by atoms with Gasteiger partial charge in [0.1, 0.15) is 0 Å². The van der Waals surface area contributed by atoms with E-state index in [0.717, 1.165) is 12.0 Å². The van der Waals surface area contributed by atoms with Crippen LogP contribution in [0.2, 0.25) is 0 Å². The van der Waals surface area contributed by atoms with Crippen molar-refractivity contribution in [3.05, 3.63) is 30.3 Å². The van der Waals surface area contributed by atoms with Crippen LogP contribution in [0.3, 0.4) is 0 Å². The van der Waals surface area contributed by atoms with Crippen LogP contribution in [-0.2, 0) is 0 Å². The Labute approximate surface area is 105 Å². The molecule has 0 saturated heterocycles. The maximum absolute atomic E-state index is 3.40. The first-order valence-corrected chi connectivity index (χ1v) is 6.73. The fourth-order valence-electron chi connectivity index (χ4n) is 2.81. The molecule has 0 radical (unpaired) electrons. The molecule has 1 aliphatic carbocycles. The zero-order valence-electron chi connectivity index (χ0n) is 11.0. The highest BCUT2D eigenvalue weighted by molar-refractivity contribution is 5.44. The Balaban J connectivity index is 1.82. The summed E-state index contributed by atoms with van der Waals surface area (Å²) in [6.45, 7) is 1.19. The lowest BCUT2D eigenvalue weighted by Crippen LogP contribution is -2.34. The molecule has 0 atom stereocenters. The first-order valence-electron chi connectivity index (χ1n) is 6.73. The summed E-state index contributed by atoms with van der Waals surface area (Å²) in [5.41, 5.74) is 1.34. The van der Waals surface area contributed by atoms with Crippen molar-refractivity contribution in [2.75, 3.05) is 25.5 Å². The Morgan fingerprint density at radius 3 is 2.35 bits per heavy atom. The number of hydrogen-bond donors (Lipinski definition) is 1. The second kappa shape index (κ2) is 6.06. The number of para-hydroxylation sites is 1. The molecular formula is C15H24N2. The topological polar surface area (TPSA) is 15.3 Å². The van der Waals surface area contributed by atoms with E-state index in [1.807, 2.05) is 0 Å². The van der Waals surface area contributed by atoms with Gasteiger partial charge in [-0.05, 0) is 50.8 Å². The van der Waals surface area contributed by atoms with E-state index in [0.29, 0.717) is 0 Å². The van der Waals surface area contributed by atoms with E-state index in [9.17, 15) is 0 Å². The Bertz CT molecular complexity index is 315. The Kier molecular flexibility index (Phi) is 4.43. The van der Waals surface area contributed by atoms with Gasteiger partial charge in [0, 0.05) is 25.3 Å². The monoisotopic (exact) mass is 232 g/mol. The standard InChI is InChI=1S/C15H24N2/c1-16-14-10-8-13(9-11-14)12-17(2)15-6-4-3-5-7-15/h3-7,13-14,16H,8-12H2,1-2H3. The smallest absolute Gasteiger partial charge is 0.0363 e. The van der Waals surface area contributed by atoms with Gasteiger partial charge in [0.15, 0.2) is 0 Å². The van der Waals surface area contributed by atoms with Gasteiger partial charge < -0.3 is 10.2 Å². The highest BCUT2D eigenvalue weighted by atomic mass is 15.1. The molecule has 2 rings (SSSR count). The molecule has 0 aromatic heterocycles. The van der Waals surface area contributed by atoms with E-state index in [1.54, 1.807) is 0 Å². The predicted octanol–water partition coefficient (Wildman–Crippen LogP) is 2.90. The fourth-order valence-corrected chi connectivity index (χ4v) is 2.81. The van der Waals surface area contributed by atoms with Gasteiger partial charge in [-0.3, -0.25) is 0 Å². The number of nitrogens with zero attached hydrogens (tertiary/aromatic N) is 1. The van der Waals surface area contributed by atoms with Crippen molar-refractivity contribution in [3.8, 4) is 0 Å². The predicted molar refractivity (Wildman–Crippen MR) is 74.5 cm³/mol. The van der Waals surface area contributed by atoms with Crippen LogP contribution in [0, 0.1) is 5.92 Å². The molecule has 17 heavy (non-hydrogen) atoms. The molecule has 1 N–H and O–H groups in total. The molecule has 2 nitrogen and oxygen atoms in total. The van der Waals surface area contributed by atoms with Crippen LogP contribution in [0.15, 0.2) is 30.3 Å². The largest absolute Gasteiger partial charge is 0.374 e. The number of hydrogen-bond acceptors (Lipinski definition) is 2. The molecule has 1 fully saturated rings. The molecule has 1 aromatic carbocycles. The van der Waals surface area contributed by atoms with E-state index in [-0.39, 0.29) is 0 Å². The first-order chi connectivity index (χ1) is 8.29. The minimum Gasteiger partial charge on any atom is -0.374 e. The quantitative estimate of drug-likeness (QED) is 0.858. The third-order valence-electron chi connectivity index (χ3n) is 3.98. The molecule has 1 aliphatic rings. The van der Waals surface area contributed by atoms with Crippen molar-refractivity contribution >= 4 is 5.69 Å². The summed E-state index contributed by atoms with van der Waals surface area (Å²) < 4.78 is 0. The molecule has 1 saturated carbocycles. The second-order valence-electron chi connectivity index (χ2n) is 5.22. The minimum atomic E-state index is 0.758. The van der Waals surface area contributed by atoms with E-state index >= 15 is 0 Å². The Morgan fingerprint density at radius 2 is 1.76 bits per heavy atom. The van der Waals surface area contributed by atoms with E-state index < -0.39 is 0 Å². The van der Waals surface area contributed by atoms with Crippen molar-refractivity contribution in [1.82, 2.24) is 5.32 Å². The summed E-state index contributed by atoms with van der Waals surface area (Å²) in [6.07, 6.45) is 5.40. The summed E-state index contributed by atoms with van der Waals surface area (Å²) in [7, 11) is 4.29. The van der Waals surface area contributed by atoms with Crippen LogP contribution < -0.4 is 10.2 Å².